The van der Waals surface area contributed by atoms with Gasteiger partial charge in [-0.1, -0.05) is 0 Å². The van der Waals surface area contributed by atoms with Gasteiger partial charge < -0.3 is 15.8 Å². The van der Waals surface area contributed by atoms with E-state index in [0.29, 0.717) is 5.69 Å². The molecule has 7 heteroatoms. The summed E-state index contributed by atoms with van der Waals surface area (Å²) in [5.74, 6) is -0.224. The van der Waals surface area contributed by atoms with Gasteiger partial charge in [-0.15, -0.1) is 0 Å². The van der Waals surface area contributed by atoms with E-state index in [0.717, 1.165) is 0 Å². The first-order valence-electron chi connectivity index (χ1n) is 5.63. The molecule has 1 aromatic carbocycles. The molecule has 0 aliphatic rings. The predicted molar refractivity (Wildman–Crippen MR) is 69.7 cm³/mol. The van der Waals surface area contributed by atoms with Crippen LogP contribution in [-0.4, -0.2) is 17.5 Å². The van der Waals surface area contributed by atoms with E-state index in [9.17, 15) is 13.6 Å². The average Bonchev–Trinajstić information content (AvgIpc) is 2.41. The lowest BCUT2D eigenvalue weighted by Crippen LogP contribution is -2.14. The molecule has 1 aromatic heterocycles. The zero-order chi connectivity index (χ0) is 14.5. The Morgan fingerprint density at radius 1 is 1.25 bits per heavy atom. The lowest BCUT2D eigenvalue weighted by Gasteiger charge is -2.08. The Kier molecular flexibility index (Phi) is 4.09. The number of rotatable bonds is 4. The average molecular weight is 279 g/mol. The number of carbonyl (C=O) groups is 1. The van der Waals surface area contributed by atoms with Crippen LogP contribution in [0.25, 0.3) is 0 Å². The molecule has 0 fully saturated rings. The minimum absolute atomic E-state index is 0.0195. The summed E-state index contributed by atoms with van der Waals surface area (Å²) in [4.78, 5) is 15.8. The zero-order valence-electron chi connectivity index (χ0n) is 10.2. The summed E-state index contributed by atoms with van der Waals surface area (Å²) >= 11 is 0. The molecular weight excluding hydrogens is 268 g/mol. The molecule has 0 spiro atoms. The van der Waals surface area contributed by atoms with Crippen molar-refractivity contribution in [3.05, 3.63) is 48.2 Å². The highest BCUT2D eigenvalue weighted by Crippen LogP contribution is 2.17. The molecule has 0 atom stereocenters. The molecule has 104 valence electrons. The summed E-state index contributed by atoms with van der Waals surface area (Å²) in [6.45, 7) is -2.90. The largest absolute Gasteiger partial charge is 0.435 e. The van der Waals surface area contributed by atoms with Gasteiger partial charge >= 0.3 is 6.61 Å². The van der Waals surface area contributed by atoms with Crippen molar-refractivity contribution in [3.63, 3.8) is 0 Å². The SMILES string of the molecule is Nc1cccnc1NC(=O)c1ccc(OC(F)F)cc1. The van der Waals surface area contributed by atoms with Crippen molar-refractivity contribution in [2.45, 2.75) is 6.61 Å². The Morgan fingerprint density at radius 2 is 1.95 bits per heavy atom. The van der Waals surface area contributed by atoms with Crippen LogP contribution in [-0.2, 0) is 0 Å². The van der Waals surface area contributed by atoms with Crippen molar-refractivity contribution in [3.8, 4) is 5.75 Å². The molecule has 3 N–H and O–H groups in total. The maximum absolute atomic E-state index is 12.0. The van der Waals surface area contributed by atoms with Gasteiger partial charge in [-0.25, -0.2) is 4.98 Å². The second kappa shape index (κ2) is 5.96. The first-order valence-corrected chi connectivity index (χ1v) is 5.63. The number of benzene rings is 1. The smallest absolute Gasteiger partial charge is 0.387 e. The van der Waals surface area contributed by atoms with Crippen molar-refractivity contribution in [1.29, 1.82) is 0 Å². The fourth-order valence-corrected chi connectivity index (χ4v) is 1.49. The number of nitrogen functional groups attached to an aromatic ring is 1. The topological polar surface area (TPSA) is 77.2 Å². The second-order valence-electron chi connectivity index (χ2n) is 3.80. The number of nitrogens with one attached hydrogen (secondary N) is 1. The van der Waals surface area contributed by atoms with E-state index >= 15 is 0 Å². The van der Waals surface area contributed by atoms with Gasteiger partial charge in [0, 0.05) is 11.8 Å². The monoisotopic (exact) mass is 279 g/mol. The van der Waals surface area contributed by atoms with Crippen LogP contribution in [0, 0.1) is 0 Å². The molecule has 0 aliphatic heterocycles. The molecule has 20 heavy (non-hydrogen) atoms. The number of pyridine rings is 1. The number of nitrogens with two attached hydrogens (primary N) is 1. The van der Waals surface area contributed by atoms with Crippen LogP contribution >= 0.6 is 0 Å². The number of halogens is 2. The summed E-state index contributed by atoms with van der Waals surface area (Å²) in [5.41, 5.74) is 6.25. The van der Waals surface area contributed by atoms with Gasteiger partial charge in [0.15, 0.2) is 5.82 Å². The Morgan fingerprint density at radius 3 is 2.55 bits per heavy atom. The normalized spacial score (nSPS) is 10.3. The number of nitrogens with zero attached hydrogens (tertiary/aromatic N) is 1. The van der Waals surface area contributed by atoms with E-state index in [1.165, 1.54) is 30.5 Å². The van der Waals surface area contributed by atoms with Crippen molar-refractivity contribution in [1.82, 2.24) is 4.98 Å². The first-order chi connectivity index (χ1) is 9.56. The molecule has 5 nitrogen and oxygen atoms in total. The van der Waals surface area contributed by atoms with Gasteiger partial charge in [-0.05, 0) is 36.4 Å². The summed E-state index contributed by atoms with van der Waals surface area (Å²) < 4.78 is 28.2. The number of ether oxygens (including phenoxy) is 1. The molecule has 1 heterocycles. The lowest BCUT2D eigenvalue weighted by atomic mass is 10.2. The van der Waals surface area contributed by atoms with Crippen LogP contribution in [0.15, 0.2) is 42.6 Å². The molecule has 0 saturated carbocycles. The van der Waals surface area contributed by atoms with Crippen molar-refractivity contribution >= 4 is 17.4 Å². The molecule has 0 unspecified atom stereocenters. The third-order valence-electron chi connectivity index (χ3n) is 2.41. The summed E-state index contributed by atoms with van der Waals surface area (Å²) in [6.07, 6.45) is 1.49. The summed E-state index contributed by atoms with van der Waals surface area (Å²) in [7, 11) is 0. The van der Waals surface area contributed by atoms with Gasteiger partial charge in [0.05, 0.1) is 5.69 Å². The third-order valence-corrected chi connectivity index (χ3v) is 2.41. The zero-order valence-corrected chi connectivity index (χ0v) is 10.2. The quantitative estimate of drug-likeness (QED) is 0.901. The highest BCUT2D eigenvalue weighted by Gasteiger charge is 2.10. The van der Waals surface area contributed by atoms with E-state index < -0.39 is 12.5 Å². The van der Waals surface area contributed by atoms with Crippen LogP contribution in [0.5, 0.6) is 5.75 Å². The predicted octanol–water partition coefficient (Wildman–Crippen LogP) is 2.52. The van der Waals surface area contributed by atoms with Crippen LogP contribution in [0.1, 0.15) is 10.4 Å². The van der Waals surface area contributed by atoms with Gasteiger partial charge in [-0.3, -0.25) is 4.79 Å². The fraction of sp³-hybridized carbons (Fsp3) is 0.0769. The number of anilines is 2. The van der Waals surface area contributed by atoms with E-state index in [2.05, 4.69) is 15.0 Å². The number of hydrogen-bond acceptors (Lipinski definition) is 4. The maximum atomic E-state index is 12.0. The molecule has 0 bridgehead atoms. The highest BCUT2D eigenvalue weighted by molar-refractivity contribution is 6.05. The third kappa shape index (κ3) is 3.41. The van der Waals surface area contributed by atoms with Gasteiger partial charge in [0.2, 0.25) is 0 Å². The van der Waals surface area contributed by atoms with Crippen molar-refractivity contribution < 1.29 is 18.3 Å². The fourth-order valence-electron chi connectivity index (χ4n) is 1.49. The van der Waals surface area contributed by atoms with Crippen molar-refractivity contribution in [2.24, 2.45) is 0 Å². The number of carbonyl (C=O) groups excluding carboxylic acids is 1. The number of amides is 1. The summed E-state index contributed by atoms with van der Waals surface area (Å²) in [5, 5.41) is 2.52. The van der Waals surface area contributed by atoms with E-state index in [4.69, 9.17) is 5.73 Å². The molecule has 0 saturated heterocycles. The van der Waals surface area contributed by atoms with Crippen LogP contribution in [0.3, 0.4) is 0 Å². The Labute approximate surface area is 113 Å². The Hall–Kier alpha value is -2.70. The van der Waals surface area contributed by atoms with E-state index in [-0.39, 0.29) is 17.1 Å². The lowest BCUT2D eigenvalue weighted by molar-refractivity contribution is -0.0498. The van der Waals surface area contributed by atoms with E-state index in [1.807, 2.05) is 0 Å². The first kappa shape index (κ1) is 13.7. The van der Waals surface area contributed by atoms with Gasteiger partial charge in [0.25, 0.3) is 5.91 Å². The van der Waals surface area contributed by atoms with Crippen LogP contribution in [0.4, 0.5) is 20.3 Å². The maximum Gasteiger partial charge on any atom is 0.387 e. The van der Waals surface area contributed by atoms with Crippen LogP contribution in [0.2, 0.25) is 0 Å². The van der Waals surface area contributed by atoms with Crippen molar-refractivity contribution in [2.75, 3.05) is 11.1 Å². The standard InChI is InChI=1S/C13H11F2N3O2/c14-13(15)20-9-5-3-8(4-6-9)12(19)18-11-10(16)2-1-7-17-11/h1-7,13H,16H2,(H,17,18,19). The van der Waals surface area contributed by atoms with Crippen LogP contribution < -0.4 is 15.8 Å². The van der Waals surface area contributed by atoms with Gasteiger partial charge in [-0.2, -0.15) is 8.78 Å². The molecular formula is C13H11F2N3O2. The minimum atomic E-state index is -2.90. The molecule has 1 amide bonds. The number of aromatic nitrogens is 1. The van der Waals surface area contributed by atoms with E-state index in [1.54, 1.807) is 12.1 Å². The second-order valence-corrected chi connectivity index (χ2v) is 3.80. The summed E-state index contributed by atoms with van der Waals surface area (Å²) in [6, 6.07) is 8.54. The Bertz CT molecular complexity index is 603. The van der Waals surface area contributed by atoms with Gasteiger partial charge in [0.1, 0.15) is 5.75 Å². The molecule has 0 radical (unpaired) electrons. The Balaban J connectivity index is 2.08. The molecule has 0 aliphatic carbocycles. The molecule has 2 rings (SSSR count). The minimum Gasteiger partial charge on any atom is -0.435 e. The molecule has 2 aromatic rings. The number of alkyl halides is 2. The highest BCUT2D eigenvalue weighted by atomic mass is 19.3. The number of hydrogen-bond donors (Lipinski definition) is 2.